The highest BCUT2D eigenvalue weighted by atomic mass is 16.6. The summed E-state index contributed by atoms with van der Waals surface area (Å²) in [5.74, 6) is 0. The van der Waals surface area contributed by atoms with Gasteiger partial charge in [0.05, 0.1) is 24.9 Å². The summed E-state index contributed by atoms with van der Waals surface area (Å²) < 4.78 is 5.11. The first-order valence-electron chi connectivity index (χ1n) is 6.34. The SMILES string of the molecule is CCc1cccc(C)c1N1C(=O)OCCC1CO. The van der Waals surface area contributed by atoms with Gasteiger partial charge in [0.2, 0.25) is 0 Å². The lowest BCUT2D eigenvalue weighted by Gasteiger charge is -2.35. The largest absolute Gasteiger partial charge is 0.449 e. The summed E-state index contributed by atoms with van der Waals surface area (Å²) in [7, 11) is 0. The van der Waals surface area contributed by atoms with Crippen LogP contribution in [0.15, 0.2) is 18.2 Å². The second kappa shape index (κ2) is 5.40. The maximum atomic E-state index is 12.0. The highest BCUT2D eigenvalue weighted by molar-refractivity contribution is 5.91. The van der Waals surface area contributed by atoms with E-state index in [0.29, 0.717) is 13.0 Å². The molecule has 1 saturated heterocycles. The van der Waals surface area contributed by atoms with E-state index in [1.54, 1.807) is 4.90 Å². The van der Waals surface area contributed by atoms with E-state index in [4.69, 9.17) is 4.74 Å². The first kappa shape index (κ1) is 12.9. The van der Waals surface area contributed by atoms with Gasteiger partial charge in [0.25, 0.3) is 0 Å². The number of carbonyl (C=O) groups is 1. The first-order chi connectivity index (χ1) is 8.69. The Hall–Kier alpha value is -1.55. The Labute approximate surface area is 107 Å². The highest BCUT2D eigenvalue weighted by Gasteiger charge is 2.32. The Bertz CT molecular complexity index is 445. The minimum absolute atomic E-state index is 0.0351. The molecule has 0 aromatic heterocycles. The fraction of sp³-hybridized carbons (Fsp3) is 0.500. The Morgan fingerprint density at radius 1 is 1.50 bits per heavy atom. The molecule has 0 saturated carbocycles. The fourth-order valence-corrected chi connectivity index (χ4v) is 2.43. The number of aliphatic hydroxyl groups excluding tert-OH is 1. The van der Waals surface area contributed by atoms with Crippen LogP contribution in [0.1, 0.15) is 24.5 Å². The lowest BCUT2D eigenvalue weighted by Crippen LogP contribution is -2.48. The van der Waals surface area contributed by atoms with Gasteiger partial charge in [-0.25, -0.2) is 4.79 Å². The summed E-state index contributed by atoms with van der Waals surface area (Å²) in [6, 6.07) is 5.79. The lowest BCUT2D eigenvalue weighted by atomic mass is 10.0. The molecule has 2 rings (SSSR count). The van der Waals surface area contributed by atoms with Gasteiger partial charge in [-0.1, -0.05) is 25.1 Å². The molecule has 4 nitrogen and oxygen atoms in total. The third-order valence-electron chi connectivity index (χ3n) is 3.39. The molecule has 18 heavy (non-hydrogen) atoms. The number of carbonyl (C=O) groups excluding carboxylic acids is 1. The molecule has 4 heteroatoms. The van der Waals surface area contributed by atoms with Crippen LogP contribution in [0.3, 0.4) is 0 Å². The Morgan fingerprint density at radius 2 is 2.28 bits per heavy atom. The van der Waals surface area contributed by atoms with Crippen LogP contribution in [0.25, 0.3) is 0 Å². The lowest BCUT2D eigenvalue weighted by molar-refractivity contribution is 0.115. The molecule has 1 amide bonds. The number of hydrogen-bond donors (Lipinski definition) is 1. The monoisotopic (exact) mass is 249 g/mol. The van der Waals surface area contributed by atoms with Crippen molar-refractivity contribution < 1.29 is 14.6 Å². The molecule has 0 aliphatic carbocycles. The van der Waals surface area contributed by atoms with Gasteiger partial charge in [-0.05, 0) is 24.5 Å². The number of aliphatic hydroxyl groups is 1. The number of aryl methyl sites for hydroxylation is 2. The van der Waals surface area contributed by atoms with E-state index in [-0.39, 0.29) is 18.7 Å². The van der Waals surface area contributed by atoms with Crippen molar-refractivity contribution >= 4 is 11.8 Å². The number of nitrogens with zero attached hydrogens (tertiary/aromatic N) is 1. The number of benzene rings is 1. The summed E-state index contributed by atoms with van der Waals surface area (Å²) >= 11 is 0. The number of ether oxygens (including phenoxy) is 1. The number of amides is 1. The summed E-state index contributed by atoms with van der Waals surface area (Å²) in [4.78, 5) is 13.6. The third-order valence-corrected chi connectivity index (χ3v) is 3.39. The van der Waals surface area contributed by atoms with Crippen molar-refractivity contribution in [2.24, 2.45) is 0 Å². The smallest absolute Gasteiger partial charge is 0.414 e. The second-order valence-corrected chi connectivity index (χ2v) is 4.55. The average molecular weight is 249 g/mol. The number of rotatable bonds is 3. The molecule has 98 valence electrons. The molecule has 1 aliphatic heterocycles. The predicted molar refractivity (Wildman–Crippen MR) is 69.9 cm³/mol. The molecule has 1 aliphatic rings. The maximum absolute atomic E-state index is 12.0. The molecule has 1 aromatic rings. The van der Waals surface area contributed by atoms with Gasteiger partial charge in [0, 0.05) is 6.42 Å². The van der Waals surface area contributed by atoms with E-state index in [9.17, 15) is 9.90 Å². The maximum Gasteiger partial charge on any atom is 0.414 e. The molecule has 1 atom stereocenters. The predicted octanol–water partition coefficient (Wildman–Crippen LogP) is 2.27. The summed E-state index contributed by atoms with van der Waals surface area (Å²) in [6.07, 6.45) is 1.16. The quantitative estimate of drug-likeness (QED) is 0.894. The number of hydrogen-bond acceptors (Lipinski definition) is 3. The summed E-state index contributed by atoms with van der Waals surface area (Å²) in [5.41, 5.74) is 3.03. The zero-order valence-electron chi connectivity index (χ0n) is 10.8. The van der Waals surface area contributed by atoms with Crippen LogP contribution in [0.5, 0.6) is 0 Å². The topological polar surface area (TPSA) is 49.8 Å². The van der Waals surface area contributed by atoms with Crippen LogP contribution in [0.2, 0.25) is 0 Å². The van der Waals surface area contributed by atoms with Crippen LogP contribution in [0, 0.1) is 6.92 Å². The zero-order chi connectivity index (χ0) is 13.1. The van der Waals surface area contributed by atoms with E-state index in [1.165, 1.54) is 0 Å². The first-order valence-corrected chi connectivity index (χ1v) is 6.34. The molecule has 1 N–H and O–H groups in total. The Balaban J connectivity index is 2.47. The van der Waals surface area contributed by atoms with Gasteiger partial charge in [-0.2, -0.15) is 0 Å². The van der Waals surface area contributed by atoms with E-state index >= 15 is 0 Å². The highest BCUT2D eigenvalue weighted by Crippen LogP contribution is 2.30. The van der Waals surface area contributed by atoms with Crippen molar-refractivity contribution in [1.29, 1.82) is 0 Å². The normalized spacial score (nSPS) is 19.8. The van der Waals surface area contributed by atoms with Gasteiger partial charge in [0.15, 0.2) is 0 Å². The van der Waals surface area contributed by atoms with Crippen molar-refractivity contribution in [2.75, 3.05) is 18.1 Å². The molecular weight excluding hydrogens is 230 g/mol. The van der Waals surface area contributed by atoms with Crippen molar-refractivity contribution in [3.8, 4) is 0 Å². The van der Waals surface area contributed by atoms with Crippen LogP contribution in [-0.4, -0.2) is 30.5 Å². The third kappa shape index (κ3) is 2.20. The van der Waals surface area contributed by atoms with Crippen LogP contribution < -0.4 is 4.90 Å². The van der Waals surface area contributed by atoms with Crippen LogP contribution >= 0.6 is 0 Å². The van der Waals surface area contributed by atoms with Gasteiger partial charge in [-0.15, -0.1) is 0 Å². The molecule has 0 bridgehead atoms. The average Bonchev–Trinajstić information content (AvgIpc) is 2.38. The van der Waals surface area contributed by atoms with Crippen molar-refractivity contribution in [1.82, 2.24) is 0 Å². The minimum atomic E-state index is -0.357. The summed E-state index contributed by atoms with van der Waals surface area (Å²) in [5, 5.41) is 9.45. The van der Waals surface area contributed by atoms with Crippen LogP contribution in [0.4, 0.5) is 10.5 Å². The molecule has 1 unspecified atom stereocenters. The fourth-order valence-electron chi connectivity index (χ4n) is 2.43. The van der Waals surface area contributed by atoms with Crippen molar-refractivity contribution in [3.05, 3.63) is 29.3 Å². The van der Waals surface area contributed by atoms with E-state index in [2.05, 4.69) is 6.92 Å². The van der Waals surface area contributed by atoms with Crippen LogP contribution in [-0.2, 0) is 11.2 Å². The van der Waals surface area contributed by atoms with Crippen molar-refractivity contribution in [2.45, 2.75) is 32.7 Å². The molecule has 1 aromatic carbocycles. The standard InChI is InChI=1S/C14H19NO3/c1-3-11-6-4-5-10(2)13(11)15-12(9-16)7-8-18-14(15)17/h4-6,12,16H,3,7-9H2,1-2H3. The molecule has 0 radical (unpaired) electrons. The number of cyclic esters (lactones) is 1. The van der Waals surface area contributed by atoms with E-state index < -0.39 is 0 Å². The van der Waals surface area contributed by atoms with Gasteiger partial charge < -0.3 is 9.84 Å². The number of para-hydroxylation sites is 1. The van der Waals surface area contributed by atoms with E-state index in [1.807, 2.05) is 25.1 Å². The van der Waals surface area contributed by atoms with Crippen molar-refractivity contribution in [3.63, 3.8) is 0 Å². The number of anilines is 1. The minimum Gasteiger partial charge on any atom is -0.449 e. The van der Waals surface area contributed by atoms with Gasteiger partial charge in [-0.3, -0.25) is 4.90 Å². The Kier molecular flexibility index (Phi) is 3.87. The molecule has 1 fully saturated rings. The van der Waals surface area contributed by atoms with Gasteiger partial charge in [0.1, 0.15) is 0 Å². The zero-order valence-corrected chi connectivity index (χ0v) is 10.8. The Morgan fingerprint density at radius 3 is 2.94 bits per heavy atom. The van der Waals surface area contributed by atoms with Gasteiger partial charge >= 0.3 is 6.09 Å². The summed E-state index contributed by atoms with van der Waals surface area (Å²) in [6.45, 7) is 4.38. The molecule has 1 heterocycles. The molecular formula is C14H19NO3. The molecule has 0 spiro atoms. The van der Waals surface area contributed by atoms with E-state index in [0.717, 1.165) is 23.2 Å². The second-order valence-electron chi connectivity index (χ2n) is 4.55.